The van der Waals surface area contributed by atoms with Crippen molar-refractivity contribution in [3.63, 3.8) is 0 Å². The summed E-state index contributed by atoms with van der Waals surface area (Å²) in [5.41, 5.74) is 6.43. The zero-order valence-electron chi connectivity index (χ0n) is 10.7. The van der Waals surface area contributed by atoms with Gasteiger partial charge in [0, 0.05) is 6.04 Å². The zero-order valence-corrected chi connectivity index (χ0v) is 10.7. The first kappa shape index (κ1) is 14.0. The number of benzene rings is 2. The number of hydrogen-bond donors (Lipinski definition) is 1. The fraction of sp³-hybridized carbons (Fsp3) is 0.133. The number of nitriles is 1. The molecular weight excluding hydrogens is 262 g/mol. The summed E-state index contributed by atoms with van der Waals surface area (Å²) in [5, 5.41) is 8.64. The number of nitrogens with zero attached hydrogens (tertiary/aromatic N) is 1. The number of nitrogens with two attached hydrogens (primary N) is 1. The molecule has 0 aliphatic heterocycles. The molecule has 0 saturated heterocycles. The third-order valence-corrected chi connectivity index (χ3v) is 2.76. The van der Waals surface area contributed by atoms with Gasteiger partial charge in [0.25, 0.3) is 0 Å². The molecule has 0 bridgehead atoms. The molecule has 2 N–H and O–H groups in total. The Morgan fingerprint density at radius 1 is 1.10 bits per heavy atom. The summed E-state index contributed by atoms with van der Waals surface area (Å²) in [7, 11) is 0. The average Bonchev–Trinajstić information content (AvgIpc) is 2.42. The highest BCUT2D eigenvalue weighted by Crippen LogP contribution is 2.28. The van der Waals surface area contributed by atoms with Gasteiger partial charge in [0.15, 0.2) is 23.1 Å². The van der Waals surface area contributed by atoms with E-state index in [1.165, 1.54) is 24.3 Å². The molecule has 0 aliphatic rings. The van der Waals surface area contributed by atoms with Gasteiger partial charge < -0.3 is 10.5 Å². The van der Waals surface area contributed by atoms with Crippen LogP contribution in [-0.4, -0.2) is 0 Å². The smallest absolute Gasteiger partial charge is 0.167 e. The van der Waals surface area contributed by atoms with Crippen LogP contribution in [-0.2, 0) is 0 Å². The molecule has 0 spiro atoms. The van der Waals surface area contributed by atoms with E-state index in [0.717, 1.165) is 6.07 Å². The summed E-state index contributed by atoms with van der Waals surface area (Å²) in [6.07, 6.45) is 0. The lowest BCUT2D eigenvalue weighted by Gasteiger charge is -2.10. The Bertz CT molecular complexity index is 678. The first-order valence-corrected chi connectivity index (χ1v) is 5.94. The first-order valence-electron chi connectivity index (χ1n) is 5.94. The van der Waals surface area contributed by atoms with Crippen LogP contribution >= 0.6 is 0 Å². The van der Waals surface area contributed by atoms with E-state index in [9.17, 15) is 8.78 Å². The van der Waals surface area contributed by atoms with E-state index in [1.807, 2.05) is 0 Å². The Balaban J connectivity index is 2.29. The van der Waals surface area contributed by atoms with E-state index in [2.05, 4.69) is 0 Å². The van der Waals surface area contributed by atoms with E-state index >= 15 is 0 Å². The van der Waals surface area contributed by atoms with Crippen LogP contribution in [0.5, 0.6) is 11.5 Å². The molecule has 102 valence electrons. The highest BCUT2D eigenvalue weighted by atomic mass is 19.1. The largest absolute Gasteiger partial charge is 0.451 e. The van der Waals surface area contributed by atoms with Gasteiger partial charge in [-0.05, 0) is 42.8 Å². The minimum absolute atomic E-state index is 0.0991. The van der Waals surface area contributed by atoms with E-state index in [1.54, 1.807) is 19.1 Å². The monoisotopic (exact) mass is 274 g/mol. The van der Waals surface area contributed by atoms with Gasteiger partial charge in [-0.15, -0.1) is 0 Å². The second-order valence-electron chi connectivity index (χ2n) is 4.34. The van der Waals surface area contributed by atoms with Gasteiger partial charge in [0.2, 0.25) is 0 Å². The third kappa shape index (κ3) is 2.92. The van der Waals surface area contributed by atoms with Crippen LogP contribution in [0.2, 0.25) is 0 Å². The van der Waals surface area contributed by atoms with Crippen molar-refractivity contribution in [2.24, 2.45) is 5.73 Å². The van der Waals surface area contributed by atoms with Gasteiger partial charge in [-0.3, -0.25) is 0 Å². The molecule has 0 heterocycles. The molecule has 0 amide bonds. The van der Waals surface area contributed by atoms with Crippen LogP contribution in [0.3, 0.4) is 0 Å². The Labute approximate surface area is 115 Å². The molecule has 0 saturated carbocycles. The molecular formula is C15H12F2N2O. The van der Waals surface area contributed by atoms with Crippen LogP contribution in [0.25, 0.3) is 0 Å². The highest BCUT2D eigenvalue weighted by Gasteiger charge is 2.11. The van der Waals surface area contributed by atoms with Crippen molar-refractivity contribution < 1.29 is 13.5 Å². The van der Waals surface area contributed by atoms with Crippen LogP contribution in [0.4, 0.5) is 8.78 Å². The van der Waals surface area contributed by atoms with E-state index < -0.39 is 11.6 Å². The Morgan fingerprint density at radius 3 is 2.20 bits per heavy atom. The number of halogens is 2. The molecule has 5 heteroatoms. The fourth-order valence-corrected chi connectivity index (χ4v) is 1.65. The van der Waals surface area contributed by atoms with E-state index in [-0.39, 0.29) is 23.1 Å². The van der Waals surface area contributed by atoms with Gasteiger partial charge in [-0.2, -0.15) is 5.26 Å². The van der Waals surface area contributed by atoms with Crippen molar-refractivity contribution in [1.82, 2.24) is 0 Å². The van der Waals surface area contributed by atoms with Crippen LogP contribution in [0, 0.1) is 23.0 Å². The summed E-state index contributed by atoms with van der Waals surface area (Å²) < 4.78 is 32.6. The van der Waals surface area contributed by atoms with Gasteiger partial charge in [-0.25, -0.2) is 8.78 Å². The Morgan fingerprint density at radius 2 is 1.70 bits per heavy atom. The molecule has 2 aromatic rings. The maximum absolute atomic E-state index is 13.8. The fourth-order valence-electron chi connectivity index (χ4n) is 1.65. The summed E-state index contributed by atoms with van der Waals surface area (Å²) in [5.74, 6) is -1.59. The second kappa shape index (κ2) is 5.68. The summed E-state index contributed by atoms with van der Waals surface area (Å²) in [4.78, 5) is 0. The normalized spacial score (nSPS) is 11.8. The minimum Gasteiger partial charge on any atom is -0.451 e. The van der Waals surface area contributed by atoms with Crippen molar-refractivity contribution in [3.05, 3.63) is 59.2 Å². The Kier molecular flexibility index (Phi) is 3.97. The molecule has 3 nitrogen and oxygen atoms in total. The summed E-state index contributed by atoms with van der Waals surface area (Å²) >= 11 is 0. The van der Waals surface area contributed by atoms with E-state index in [0.29, 0.717) is 5.56 Å². The van der Waals surface area contributed by atoms with Crippen molar-refractivity contribution in [1.29, 1.82) is 5.26 Å². The lowest BCUT2D eigenvalue weighted by molar-refractivity contribution is 0.414. The summed E-state index contributed by atoms with van der Waals surface area (Å²) in [6, 6.07) is 9.48. The molecule has 0 aliphatic carbocycles. The lowest BCUT2D eigenvalue weighted by atomic mass is 10.1. The highest BCUT2D eigenvalue weighted by molar-refractivity contribution is 5.39. The predicted octanol–water partition coefficient (Wildman–Crippen LogP) is 3.65. The second-order valence-corrected chi connectivity index (χ2v) is 4.34. The van der Waals surface area contributed by atoms with Gasteiger partial charge in [0.05, 0.1) is 11.6 Å². The first-order chi connectivity index (χ1) is 9.51. The molecule has 2 rings (SSSR count). The van der Waals surface area contributed by atoms with Gasteiger partial charge in [-0.1, -0.05) is 6.07 Å². The predicted molar refractivity (Wildman–Crippen MR) is 70.2 cm³/mol. The van der Waals surface area contributed by atoms with Crippen LogP contribution < -0.4 is 10.5 Å². The minimum atomic E-state index is -0.722. The van der Waals surface area contributed by atoms with Gasteiger partial charge >= 0.3 is 0 Å². The quantitative estimate of drug-likeness (QED) is 0.929. The molecule has 1 unspecified atom stereocenters. The average molecular weight is 274 g/mol. The van der Waals surface area contributed by atoms with Crippen molar-refractivity contribution in [3.8, 4) is 17.6 Å². The van der Waals surface area contributed by atoms with E-state index in [4.69, 9.17) is 15.7 Å². The maximum Gasteiger partial charge on any atom is 0.167 e. The van der Waals surface area contributed by atoms with Crippen LogP contribution in [0.1, 0.15) is 24.1 Å². The van der Waals surface area contributed by atoms with Gasteiger partial charge in [0.1, 0.15) is 0 Å². The van der Waals surface area contributed by atoms with Crippen molar-refractivity contribution in [2.75, 3.05) is 0 Å². The number of rotatable bonds is 3. The Hall–Kier alpha value is -2.45. The number of ether oxygens (including phenoxy) is 1. The standard InChI is InChI=1S/C15H12F2N2O/c1-9(19)11-3-5-15(13(17)7-11)20-14-4-2-10(8-18)6-12(14)16/h2-7,9H,19H2,1H3. The molecule has 0 fully saturated rings. The maximum atomic E-state index is 13.8. The van der Waals surface area contributed by atoms with Crippen LogP contribution in [0.15, 0.2) is 36.4 Å². The topological polar surface area (TPSA) is 59.0 Å². The molecule has 0 radical (unpaired) electrons. The third-order valence-electron chi connectivity index (χ3n) is 2.76. The summed E-state index contributed by atoms with van der Waals surface area (Å²) in [6.45, 7) is 1.73. The molecule has 0 aromatic heterocycles. The molecule has 20 heavy (non-hydrogen) atoms. The van der Waals surface area contributed by atoms with Crippen molar-refractivity contribution in [2.45, 2.75) is 13.0 Å². The lowest BCUT2D eigenvalue weighted by Crippen LogP contribution is -2.05. The van der Waals surface area contributed by atoms with Crippen molar-refractivity contribution >= 4 is 0 Å². The molecule has 1 atom stereocenters. The SMILES string of the molecule is CC(N)c1ccc(Oc2ccc(C#N)cc2F)c(F)c1. The zero-order chi connectivity index (χ0) is 14.7. The number of hydrogen-bond acceptors (Lipinski definition) is 3. The molecule has 2 aromatic carbocycles.